The van der Waals surface area contributed by atoms with Gasteiger partial charge in [-0.3, -0.25) is 4.79 Å². The molecule has 0 unspecified atom stereocenters. The van der Waals surface area contributed by atoms with Crippen molar-refractivity contribution in [2.45, 2.75) is 30.4 Å². The molecule has 0 saturated carbocycles. The van der Waals surface area contributed by atoms with Crippen LogP contribution in [0.2, 0.25) is 0 Å². The first-order valence-corrected chi connectivity index (χ1v) is 8.47. The second-order valence-corrected chi connectivity index (χ2v) is 7.30. The van der Waals surface area contributed by atoms with Crippen molar-refractivity contribution in [2.24, 2.45) is 0 Å². The molecule has 1 amide bonds. The Morgan fingerprint density at radius 2 is 2.00 bits per heavy atom. The highest BCUT2D eigenvalue weighted by atomic mass is 32.2. The SMILES string of the molecule is CC(C)Sc1ccc(CC(=O)Nc2ccn3nccc3c2)cc1. The quantitative estimate of drug-likeness (QED) is 0.721. The lowest BCUT2D eigenvalue weighted by molar-refractivity contribution is -0.115. The summed E-state index contributed by atoms with van der Waals surface area (Å²) in [6.07, 6.45) is 3.94. The van der Waals surface area contributed by atoms with Gasteiger partial charge in [0.1, 0.15) is 0 Å². The molecule has 0 aliphatic carbocycles. The number of amides is 1. The molecule has 0 aliphatic rings. The number of nitrogens with zero attached hydrogens (tertiary/aromatic N) is 2. The maximum atomic E-state index is 12.2. The number of fused-ring (bicyclic) bond motifs is 1. The van der Waals surface area contributed by atoms with Crippen molar-refractivity contribution in [2.75, 3.05) is 5.32 Å². The van der Waals surface area contributed by atoms with Crippen molar-refractivity contribution in [1.29, 1.82) is 0 Å². The first-order chi connectivity index (χ1) is 11.1. The Morgan fingerprint density at radius 1 is 1.22 bits per heavy atom. The molecule has 3 rings (SSSR count). The minimum absolute atomic E-state index is 0.0156. The van der Waals surface area contributed by atoms with Gasteiger partial charge in [-0.2, -0.15) is 5.10 Å². The zero-order valence-corrected chi connectivity index (χ0v) is 14.0. The van der Waals surface area contributed by atoms with Gasteiger partial charge in [0.15, 0.2) is 0 Å². The number of benzene rings is 1. The third-order valence-electron chi connectivity index (χ3n) is 3.34. The summed E-state index contributed by atoms with van der Waals surface area (Å²) in [6.45, 7) is 4.34. The highest BCUT2D eigenvalue weighted by Gasteiger charge is 2.06. The fraction of sp³-hybridized carbons (Fsp3) is 0.222. The number of anilines is 1. The monoisotopic (exact) mass is 325 g/mol. The predicted octanol–water partition coefficient (Wildman–Crippen LogP) is 4.02. The van der Waals surface area contributed by atoms with Crippen molar-refractivity contribution in [3.63, 3.8) is 0 Å². The number of hydrogen-bond acceptors (Lipinski definition) is 3. The smallest absolute Gasteiger partial charge is 0.228 e. The molecule has 2 aromatic heterocycles. The van der Waals surface area contributed by atoms with E-state index in [0.29, 0.717) is 11.7 Å². The van der Waals surface area contributed by atoms with E-state index in [2.05, 4.69) is 36.4 Å². The molecule has 0 saturated heterocycles. The lowest BCUT2D eigenvalue weighted by Crippen LogP contribution is -2.14. The van der Waals surface area contributed by atoms with Gasteiger partial charge in [-0.25, -0.2) is 4.52 Å². The number of thioether (sulfide) groups is 1. The van der Waals surface area contributed by atoms with Gasteiger partial charge in [-0.1, -0.05) is 26.0 Å². The van der Waals surface area contributed by atoms with Crippen molar-refractivity contribution in [3.8, 4) is 0 Å². The van der Waals surface area contributed by atoms with Crippen LogP contribution in [0.5, 0.6) is 0 Å². The van der Waals surface area contributed by atoms with Crippen molar-refractivity contribution >= 4 is 28.9 Å². The Balaban J connectivity index is 1.62. The van der Waals surface area contributed by atoms with E-state index in [-0.39, 0.29) is 5.91 Å². The average Bonchev–Trinajstić information content (AvgIpc) is 2.96. The standard InChI is InChI=1S/C18H19N3OS/c1-13(2)23-17-5-3-14(4-6-17)11-18(22)20-15-8-10-21-16(12-15)7-9-19-21/h3-10,12-13H,11H2,1-2H3,(H,20,22). The summed E-state index contributed by atoms with van der Waals surface area (Å²) in [7, 11) is 0. The van der Waals surface area contributed by atoms with E-state index in [1.165, 1.54) is 4.90 Å². The third-order valence-corrected chi connectivity index (χ3v) is 4.36. The number of aromatic nitrogens is 2. The van der Waals surface area contributed by atoms with Crippen LogP contribution in [0.15, 0.2) is 59.8 Å². The van der Waals surface area contributed by atoms with E-state index in [0.717, 1.165) is 16.8 Å². The van der Waals surface area contributed by atoms with E-state index in [4.69, 9.17) is 0 Å². The van der Waals surface area contributed by atoms with Crippen LogP contribution in [0.1, 0.15) is 19.4 Å². The second-order valence-electron chi connectivity index (χ2n) is 5.65. The zero-order chi connectivity index (χ0) is 16.2. The van der Waals surface area contributed by atoms with Gasteiger partial charge < -0.3 is 5.32 Å². The molecule has 1 N–H and O–H groups in total. The number of nitrogens with one attached hydrogen (secondary N) is 1. The van der Waals surface area contributed by atoms with Gasteiger partial charge in [0.2, 0.25) is 5.91 Å². The molecule has 0 atom stereocenters. The van der Waals surface area contributed by atoms with Crippen LogP contribution in [0.25, 0.3) is 5.52 Å². The van der Waals surface area contributed by atoms with Crippen molar-refractivity contribution in [1.82, 2.24) is 9.61 Å². The molecule has 5 heteroatoms. The minimum atomic E-state index is -0.0156. The van der Waals surface area contributed by atoms with Crippen molar-refractivity contribution in [3.05, 3.63) is 60.4 Å². The molecule has 2 heterocycles. The van der Waals surface area contributed by atoms with Gasteiger partial charge in [0, 0.05) is 28.2 Å². The highest BCUT2D eigenvalue weighted by molar-refractivity contribution is 7.99. The topological polar surface area (TPSA) is 46.4 Å². The summed E-state index contributed by atoms with van der Waals surface area (Å²) in [4.78, 5) is 13.4. The Hall–Kier alpha value is -2.27. The number of hydrogen-bond donors (Lipinski definition) is 1. The molecule has 0 bridgehead atoms. The number of carbonyl (C=O) groups excluding carboxylic acids is 1. The molecule has 0 aliphatic heterocycles. The molecular formula is C18H19N3OS. The summed E-state index contributed by atoms with van der Waals surface area (Å²) in [5, 5.41) is 7.63. The van der Waals surface area contributed by atoms with Crippen LogP contribution in [0.3, 0.4) is 0 Å². The normalized spacial score (nSPS) is 11.1. The van der Waals surface area contributed by atoms with Crippen LogP contribution >= 0.6 is 11.8 Å². The van der Waals surface area contributed by atoms with Gasteiger partial charge in [-0.15, -0.1) is 11.8 Å². The third kappa shape index (κ3) is 4.13. The molecule has 4 nitrogen and oxygen atoms in total. The van der Waals surface area contributed by atoms with Gasteiger partial charge >= 0.3 is 0 Å². The summed E-state index contributed by atoms with van der Waals surface area (Å²) >= 11 is 1.82. The highest BCUT2D eigenvalue weighted by Crippen LogP contribution is 2.23. The summed E-state index contributed by atoms with van der Waals surface area (Å²) < 4.78 is 1.76. The zero-order valence-electron chi connectivity index (χ0n) is 13.2. The second kappa shape index (κ2) is 6.87. The van der Waals surface area contributed by atoms with E-state index in [9.17, 15) is 4.79 Å². The van der Waals surface area contributed by atoms with Crippen LogP contribution in [0, 0.1) is 0 Å². The van der Waals surface area contributed by atoms with E-state index >= 15 is 0 Å². The van der Waals surface area contributed by atoms with Crippen LogP contribution in [-0.2, 0) is 11.2 Å². The Kier molecular flexibility index (Phi) is 4.67. The number of rotatable bonds is 5. The van der Waals surface area contributed by atoms with Crippen LogP contribution in [-0.4, -0.2) is 20.8 Å². The molecule has 0 fully saturated rings. The number of carbonyl (C=O) groups is 1. The first kappa shape index (κ1) is 15.6. The molecule has 0 radical (unpaired) electrons. The summed E-state index contributed by atoms with van der Waals surface area (Å²) in [6, 6.07) is 13.8. The van der Waals surface area contributed by atoms with Crippen LogP contribution in [0.4, 0.5) is 5.69 Å². The lowest BCUT2D eigenvalue weighted by Gasteiger charge is -2.08. The largest absolute Gasteiger partial charge is 0.326 e. The predicted molar refractivity (Wildman–Crippen MR) is 95.0 cm³/mol. The minimum Gasteiger partial charge on any atom is -0.326 e. The Morgan fingerprint density at radius 3 is 2.74 bits per heavy atom. The first-order valence-electron chi connectivity index (χ1n) is 7.59. The summed E-state index contributed by atoms with van der Waals surface area (Å²) in [5.41, 5.74) is 2.76. The number of pyridine rings is 1. The van der Waals surface area contributed by atoms with Gasteiger partial charge in [0.05, 0.1) is 11.9 Å². The van der Waals surface area contributed by atoms with E-state index in [1.54, 1.807) is 10.7 Å². The molecule has 3 aromatic rings. The molecule has 1 aromatic carbocycles. The Labute approximate surface area is 139 Å². The average molecular weight is 325 g/mol. The van der Waals surface area contributed by atoms with Gasteiger partial charge in [0.25, 0.3) is 0 Å². The van der Waals surface area contributed by atoms with E-state index < -0.39 is 0 Å². The summed E-state index contributed by atoms with van der Waals surface area (Å²) in [5.74, 6) is -0.0156. The van der Waals surface area contributed by atoms with E-state index in [1.807, 2.05) is 48.3 Å². The van der Waals surface area contributed by atoms with Crippen LogP contribution < -0.4 is 5.32 Å². The maximum Gasteiger partial charge on any atom is 0.228 e. The molecular weight excluding hydrogens is 306 g/mol. The maximum absolute atomic E-state index is 12.2. The molecule has 23 heavy (non-hydrogen) atoms. The Bertz CT molecular complexity index is 809. The fourth-order valence-electron chi connectivity index (χ4n) is 2.35. The molecule has 0 spiro atoms. The fourth-order valence-corrected chi connectivity index (χ4v) is 3.19. The van der Waals surface area contributed by atoms with Gasteiger partial charge in [-0.05, 0) is 35.9 Å². The lowest BCUT2D eigenvalue weighted by atomic mass is 10.1. The molecule has 118 valence electrons. The van der Waals surface area contributed by atoms with Crippen molar-refractivity contribution < 1.29 is 4.79 Å².